The molecule has 0 atom stereocenters. The van der Waals surface area contributed by atoms with E-state index in [4.69, 9.17) is 4.74 Å². The standard InChI is InChI=1S/C19H16I2N2O3/c1-11(2)26-15-5-3-4-14(9-15)23-19(25)13(10-22)6-12-7-16(20)18(24)17(21)8-12/h3-9,11,24H,1-2H3,(H,23,25)/b13-6-. The number of nitrogens with one attached hydrogen (secondary N) is 1. The molecule has 0 aliphatic rings. The number of carbonyl (C=O) groups is 1. The van der Waals surface area contributed by atoms with Gasteiger partial charge in [-0.05, 0) is 94.9 Å². The van der Waals surface area contributed by atoms with E-state index in [1.165, 1.54) is 6.08 Å². The van der Waals surface area contributed by atoms with Crippen LogP contribution in [0.5, 0.6) is 11.5 Å². The summed E-state index contributed by atoms with van der Waals surface area (Å²) in [6.07, 6.45) is 1.52. The maximum atomic E-state index is 12.4. The van der Waals surface area contributed by atoms with Gasteiger partial charge in [0, 0.05) is 11.8 Å². The van der Waals surface area contributed by atoms with Crippen molar-refractivity contribution < 1.29 is 14.6 Å². The summed E-state index contributed by atoms with van der Waals surface area (Å²) >= 11 is 4.00. The van der Waals surface area contributed by atoms with Gasteiger partial charge in [-0.1, -0.05) is 6.07 Å². The molecule has 134 valence electrons. The molecular weight excluding hydrogens is 558 g/mol. The first-order valence-electron chi connectivity index (χ1n) is 7.68. The lowest BCUT2D eigenvalue weighted by Gasteiger charge is -2.11. The number of aromatic hydroxyl groups is 1. The zero-order chi connectivity index (χ0) is 19.3. The number of phenolic OH excluding ortho intramolecular Hbond substituents is 1. The minimum Gasteiger partial charge on any atom is -0.506 e. The molecule has 2 rings (SSSR count). The van der Waals surface area contributed by atoms with Crippen LogP contribution in [0.4, 0.5) is 5.69 Å². The highest BCUT2D eigenvalue weighted by Crippen LogP contribution is 2.28. The molecule has 0 saturated heterocycles. The van der Waals surface area contributed by atoms with Crippen molar-refractivity contribution in [2.75, 3.05) is 5.32 Å². The molecule has 1 amide bonds. The summed E-state index contributed by atoms with van der Waals surface area (Å²) in [6.45, 7) is 3.84. The van der Waals surface area contributed by atoms with Gasteiger partial charge in [0.1, 0.15) is 23.1 Å². The highest BCUT2D eigenvalue weighted by atomic mass is 127. The fraction of sp³-hybridized carbons (Fsp3) is 0.158. The Hall–Kier alpha value is -1.80. The molecule has 5 nitrogen and oxygen atoms in total. The molecule has 0 saturated carbocycles. The van der Waals surface area contributed by atoms with Crippen molar-refractivity contribution in [2.45, 2.75) is 20.0 Å². The Morgan fingerprint density at radius 2 is 1.92 bits per heavy atom. The van der Waals surface area contributed by atoms with Crippen molar-refractivity contribution in [2.24, 2.45) is 0 Å². The molecule has 26 heavy (non-hydrogen) atoms. The Kier molecular flexibility index (Phi) is 7.28. The van der Waals surface area contributed by atoms with Crippen LogP contribution in [0.25, 0.3) is 6.08 Å². The van der Waals surface area contributed by atoms with Crippen LogP contribution in [-0.2, 0) is 4.79 Å². The van der Waals surface area contributed by atoms with E-state index in [0.717, 1.165) is 0 Å². The van der Waals surface area contributed by atoms with E-state index in [0.29, 0.717) is 24.1 Å². The van der Waals surface area contributed by atoms with Gasteiger partial charge in [0.2, 0.25) is 0 Å². The number of hydrogen-bond acceptors (Lipinski definition) is 4. The predicted molar refractivity (Wildman–Crippen MR) is 118 cm³/mol. The van der Waals surface area contributed by atoms with Crippen molar-refractivity contribution in [1.82, 2.24) is 0 Å². The van der Waals surface area contributed by atoms with E-state index in [2.05, 4.69) is 5.32 Å². The fourth-order valence-electron chi connectivity index (χ4n) is 2.10. The largest absolute Gasteiger partial charge is 0.506 e. The van der Waals surface area contributed by atoms with Crippen molar-refractivity contribution in [3.8, 4) is 17.6 Å². The summed E-state index contributed by atoms with van der Waals surface area (Å²) in [5, 5.41) is 21.9. The third kappa shape index (κ3) is 5.60. The van der Waals surface area contributed by atoms with Crippen molar-refractivity contribution >= 4 is 62.9 Å². The van der Waals surface area contributed by atoms with Gasteiger partial charge in [0.05, 0.1) is 13.2 Å². The third-order valence-electron chi connectivity index (χ3n) is 3.18. The van der Waals surface area contributed by atoms with Crippen molar-refractivity contribution in [3.05, 3.63) is 54.7 Å². The number of carbonyl (C=O) groups excluding carboxylic acids is 1. The summed E-state index contributed by atoms with van der Waals surface area (Å²) in [5.74, 6) is 0.323. The van der Waals surface area contributed by atoms with E-state index in [1.54, 1.807) is 36.4 Å². The first kappa shape index (κ1) is 20.5. The molecule has 0 fully saturated rings. The number of amides is 1. The number of phenols is 1. The molecule has 7 heteroatoms. The number of benzene rings is 2. The van der Waals surface area contributed by atoms with Crippen LogP contribution >= 0.6 is 45.2 Å². The highest BCUT2D eigenvalue weighted by molar-refractivity contribution is 14.1. The molecule has 2 aromatic rings. The van der Waals surface area contributed by atoms with Crippen LogP contribution < -0.4 is 10.1 Å². The van der Waals surface area contributed by atoms with Crippen molar-refractivity contribution in [3.63, 3.8) is 0 Å². The van der Waals surface area contributed by atoms with E-state index < -0.39 is 5.91 Å². The summed E-state index contributed by atoms with van der Waals surface area (Å²) < 4.78 is 6.90. The van der Waals surface area contributed by atoms with Crippen LogP contribution in [0.1, 0.15) is 19.4 Å². The molecule has 0 aromatic heterocycles. The van der Waals surface area contributed by atoms with Gasteiger partial charge in [0.15, 0.2) is 0 Å². The molecule has 0 bridgehead atoms. The third-order valence-corrected chi connectivity index (χ3v) is 4.82. The van der Waals surface area contributed by atoms with Gasteiger partial charge in [0.25, 0.3) is 5.91 Å². The molecular formula is C19H16I2N2O3. The number of hydrogen-bond donors (Lipinski definition) is 2. The highest BCUT2D eigenvalue weighted by Gasteiger charge is 2.12. The zero-order valence-electron chi connectivity index (χ0n) is 14.1. The molecule has 2 N–H and O–H groups in total. The molecule has 0 aliphatic heterocycles. The summed E-state index contributed by atoms with van der Waals surface area (Å²) in [7, 11) is 0. The van der Waals surface area contributed by atoms with Crippen LogP contribution in [0.2, 0.25) is 0 Å². The maximum absolute atomic E-state index is 12.4. The number of rotatable bonds is 5. The van der Waals surface area contributed by atoms with Gasteiger partial charge in [-0.15, -0.1) is 0 Å². The first-order chi connectivity index (χ1) is 12.3. The van der Waals surface area contributed by atoms with Crippen molar-refractivity contribution in [1.29, 1.82) is 5.26 Å². The number of ether oxygens (including phenoxy) is 1. The molecule has 0 aliphatic carbocycles. The first-order valence-corrected chi connectivity index (χ1v) is 9.83. The smallest absolute Gasteiger partial charge is 0.266 e. The van der Waals surface area contributed by atoms with Gasteiger partial charge in [-0.2, -0.15) is 5.26 Å². The molecule has 2 aromatic carbocycles. The second-order valence-electron chi connectivity index (χ2n) is 5.65. The average Bonchev–Trinajstić information content (AvgIpc) is 2.57. The number of anilines is 1. The Labute approximate surface area is 179 Å². The molecule has 0 unspecified atom stereocenters. The van der Waals surface area contributed by atoms with Gasteiger partial charge in [-0.25, -0.2) is 0 Å². The summed E-state index contributed by atoms with van der Waals surface area (Å²) in [6, 6.07) is 12.3. The number of nitriles is 1. The Balaban J connectivity index is 2.23. The quantitative estimate of drug-likeness (QED) is 0.302. The lowest BCUT2D eigenvalue weighted by Crippen LogP contribution is -2.13. The maximum Gasteiger partial charge on any atom is 0.266 e. The van der Waals surface area contributed by atoms with E-state index >= 15 is 0 Å². The average molecular weight is 574 g/mol. The lowest BCUT2D eigenvalue weighted by atomic mass is 10.1. The second kappa shape index (κ2) is 9.23. The Morgan fingerprint density at radius 3 is 2.50 bits per heavy atom. The molecule has 0 radical (unpaired) electrons. The molecule has 0 heterocycles. The SMILES string of the molecule is CC(C)Oc1cccc(NC(=O)/C(C#N)=C\c2cc(I)c(O)c(I)c2)c1. The fourth-order valence-corrected chi connectivity index (χ4v) is 3.92. The van der Waals surface area contributed by atoms with Gasteiger partial charge in [-0.3, -0.25) is 4.79 Å². The zero-order valence-corrected chi connectivity index (χ0v) is 18.4. The van der Waals surface area contributed by atoms with Crippen LogP contribution in [0.15, 0.2) is 42.0 Å². The molecule has 0 spiro atoms. The Bertz CT molecular complexity index is 879. The topological polar surface area (TPSA) is 82.3 Å². The van der Waals surface area contributed by atoms with Crippen LogP contribution in [0.3, 0.4) is 0 Å². The second-order valence-corrected chi connectivity index (χ2v) is 7.98. The predicted octanol–water partition coefficient (Wildman–Crippen LogP) is 4.93. The van der Waals surface area contributed by atoms with Gasteiger partial charge < -0.3 is 15.2 Å². The van der Waals surface area contributed by atoms with E-state index in [1.807, 2.05) is 65.1 Å². The van der Waals surface area contributed by atoms with E-state index in [9.17, 15) is 15.2 Å². The minimum absolute atomic E-state index is 0.0231. The monoisotopic (exact) mass is 574 g/mol. The normalized spacial score (nSPS) is 11.2. The summed E-state index contributed by atoms with van der Waals surface area (Å²) in [5.41, 5.74) is 1.18. The van der Waals surface area contributed by atoms with Crippen LogP contribution in [-0.4, -0.2) is 17.1 Å². The summed E-state index contributed by atoms with van der Waals surface area (Å²) in [4.78, 5) is 12.4. The minimum atomic E-state index is -0.507. The van der Waals surface area contributed by atoms with Gasteiger partial charge >= 0.3 is 0 Å². The number of halogens is 2. The van der Waals surface area contributed by atoms with Crippen LogP contribution in [0, 0.1) is 18.5 Å². The lowest BCUT2D eigenvalue weighted by molar-refractivity contribution is -0.112. The van der Waals surface area contributed by atoms with E-state index in [-0.39, 0.29) is 17.4 Å². The number of nitrogens with zero attached hydrogens (tertiary/aromatic N) is 1. The Morgan fingerprint density at radius 1 is 1.27 bits per heavy atom.